The summed E-state index contributed by atoms with van der Waals surface area (Å²) >= 11 is 0. The number of carbonyl (C=O) groups excluding carboxylic acids is 2. The molecule has 1 aliphatic rings. The highest BCUT2D eigenvalue weighted by atomic mass is 16.6. The van der Waals surface area contributed by atoms with Crippen molar-refractivity contribution in [3.63, 3.8) is 0 Å². The lowest BCUT2D eigenvalue weighted by Crippen LogP contribution is -2.41. The smallest absolute Gasteiger partial charge is 0.410 e. The zero-order chi connectivity index (χ0) is 16.9. The summed E-state index contributed by atoms with van der Waals surface area (Å²) in [5.74, 6) is 0.190. The van der Waals surface area contributed by atoms with Gasteiger partial charge in [-0.2, -0.15) is 0 Å². The molecule has 4 heteroatoms. The topological polar surface area (TPSA) is 46.6 Å². The molecule has 0 saturated carbocycles. The van der Waals surface area contributed by atoms with Gasteiger partial charge in [0.1, 0.15) is 12.4 Å². The second-order valence-electron chi connectivity index (χ2n) is 6.10. The number of benzene rings is 2. The number of ether oxygens (including phenoxy) is 1. The minimum atomic E-state index is -0.361. The van der Waals surface area contributed by atoms with E-state index in [9.17, 15) is 9.59 Å². The van der Waals surface area contributed by atoms with Crippen molar-refractivity contribution in [2.45, 2.75) is 32.4 Å². The molecule has 124 valence electrons. The van der Waals surface area contributed by atoms with E-state index in [4.69, 9.17) is 4.74 Å². The molecule has 1 amide bonds. The molecule has 0 spiro atoms. The number of hydrogen-bond acceptors (Lipinski definition) is 3. The fraction of sp³-hybridized carbons (Fsp3) is 0.300. The van der Waals surface area contributed by atoms with Crippen LogP contribution in [0.4, 0.5) is 4.79 Å². The number of likely N-dealkylation sites (tertiary alicyclic amines) is 1. The first-order valence-corrected chi connectivity index (χ1v) is 8.19. The molecule has 1 aliphatic heterocycles. The van der Waals surface area contributed by atoms with Gasteiger partial charge in [0.2, 0.25) is 0 Å². The Morgan fingerprint density at radius 1 is 1.12 bits per heavy atom. The molecule has 0 bridgehead atoms. The van der Waals surface area contributed by atoms with E-state index in [-0.39, 0.29) is 24.5 Å². The summed E-state index contributed by atoms with van der Waals surface area (Å²) in [4.78, 5) is 26.2. The van der Waals surface area contributed by atoms with E-state index >= 15 is 0 Å². The number of amides is 1. The summed E-state index contributed by atoms with van der Waals surface area (Å²) in [5, 5.41) is 0. The summed E-state index contributed by atoms with van der Waals surface area (Å²) in [6, 6.07) is 17.2. The lowest BCUT2D eigenvalue weighted by molar-refractivity contribution is -0.122. The van der Waals surface area contributed by atoms with Gasteiger partial charge in [-0.15, -0.1) is 0 Å². The van der Waals surface area contributed by atoms with E-state index in [1.54, 1.807) is 4.90 Å². The van der Waals surface area contributed by atoms with Crippen molar-refractivity contribution in [3.05, 3.63) is 71.3 Å². The second kappa shape index (κ2) is 7.30. The van der Waals surface area contributed by atoms with Crippen LogP contribution in [0.15, 0.2) is 54.6 Å². The number of ketones is 1. The Kier molecular flexibility index (Phi) is 4.94. The molecule has 3 rings (SSSR count). The van der Waals surface area contributed by atoms with Crippen LogP contribution < -0.4 is 0 Å². The van der Waals surface area contributed by atoms with Crippen LogP contribution in [-0.4, -0.2) is 23.3 Å². The zero-order valence-electron chi connectivity index (χ0n) is 13.8. The third-order valence-corrected chi connectivity index (χ3v) is 4.42. The quantitative estimate of drug-likeness (QED) is 0.856. The van der Waals surface area contributed by atoms with Crippen LogP contribution in [0.1, 0.15) is 35.6 Å². The fourth-order valence-electron chi connectivity index (χ4n) is 3.09. The van der Waals surface area contributed by atoms with Crippen LogP contribution in [0.25, 0.3) is 0 Å². The Bertz CT molecular complexity index is 727. The number of hydrogen-bond donors (Lipinski definition) is 0. The van der Waals surface area contributed by atoms with E-state index in [1.807, 2.05) is 61.5 Å². The van der Waals surface area contributed by atoms with Crippen molar-refractivity contribution in [2.75, 3.05) is 6.54 Å². The number of carbonyl (C=O) groups is 2. The number of rotatable bonds is 3. The highest BCUT2D eigenvalue weighted by Gasteiger charge is 2.33. The monoisotopic (exact) mass is 323 g/mol. The first-order chi connectivity index (χ1) is 11.6. The lowest BCUT2D eigenvalue weighted by atomic mass is 9.92. The average Bonchev–Trinajstić information content (AvgIpc) is 2.61. The maximum absolute atomic E-state index is 12.6. The van der Waals surface area contributed by atoms with Gasteiger partial charge in [-0.05, 0) is 23.6 Å². The largest absolute Gasteiger partial charge is 0.445 e. The first kappa shape index (κ1) is 16.2. The summed E-state index contributed by atoms with van der Waals surface area (Å²) in [5.41, 5.74) is 3.05. The normalized spacial score (nSPS) is 17.6. The van der Waals surface area contributed by atoms with Crippen molar-refractivity contribution < 1.29 is 14.3 Å². The van der Waals surface area contributed by atoms with E-state index in [0.29, 0.717) is 19.4 Å². The predicted octanol–water partition coefficient (Wildman–Crippen LogP) is 4.04. The van der Waals surface area contributed by atoms with Crippen molar-refractivity contribution in [1.82, 2.24) is 4.90 Å². The Hall–Kier alpha value is -2.62. The molecule has 0 aliphatic carbocycles. The Morgan fingerprint density at radius 2 is 1.83 bits per heavy atom. The summed E-state index contributed by atoms with van der Waals surface area (Å²) < 4.78 is 5.47. The standard InChI is InChI=1S/C20H21NO3/c1-15-7-5-6-10-18(15)19-13-17(22)11-12-21(19)20(23)24-14-16-8-3-2-4-9-16/h2-10,19H,11-14H2,1H3. The van der Waals surface area contributed by atoms with E-state index in [0.717, 1.165) is 16.7 Å². The van der Waals surface area contributed by atoms with Gasteiger partial charge in [0, 0.05) is 19.4 Å². The van der Waals surface area contributed by atoms with Gasteiger partial charge in [-0.1, -0.05) is 54.6 Å². The maximum atomic E-state index is 12.6. The molecule has 0 radical (unpaired) electrons. The lowest BCUT2D eigenvalue weighted by Gasteiger charge is -2.35. The molecular formula is C20H21NO3. The van der Waals surface area contributed by atoms with E-state index < -0.39 is 0 Å². The summed E-state index contributed by atoms with van der Waals surface area (Å²) in [7, 11) is 0. The maximum Gasteiger partial charge on any atom is 0.410 e. The summed E-state index contributed by atoms with van der Waals surface area (Å²) in [6.07, 6.45) is 0.383. The number of nitrogens with zero attached hydrogens (tertiary/aromatic N) is 1. The molecule has 1 fully saturated rings. The molecule has 4 nitrogen and oxygen atoms in total. The number of aryl methyl sites for hydroxylation is 1. The van der Waals surface area contributed by atoms with Gasteiger partial charge >= 0.3 is 6.09 Å². The van der Waals surface area contributed by atoms with Crippen molar-refractivity contribution >= 4 is 11.9 Å². The molecule has 2 aromatic carbocycles. The van der Waals surface area contributed by atoms with Gasteiger partial charge in [-0.3, -0.25) is 4.79 Å². The third kappa shape index (κ3) is 3.65. The van der Waals surface area contributed by atoms with Crippen LogP contribution in [0.2, 0.25) is 0 Å². The van der Waals surface area contributed by atoms with Crippen LogP contribution >= 0.6 is 0 Å². The van der Waals surface area contributed by atoms with Gasteiger partial charge in [0.25, 0.3) is 0 Å². The minimum Gasteiger partial charge on any atom is -0.445 e. The van der Waals surface area contributed by atoms with Crippen molar-refractivity contribution in [2.24, 2.45) is 0 Å². The Morgan fingerprint density at radius 3 is 2.58 bits per heavy atom. The van der Waals surface area contributed by atoms with E-state index in [2.05, 4.69) is 0 Å². The molecule has 2 aromatic rings. The van der Waals surface area contributed by atoms with Crippen molar-refractivity contribution in [3.8, 4) is 0 Å². The number of piperidine rings is 1. The Labute approximate surface area is 142 Å². The molecule has 1 heterocycles. The van der Waals surface area contributed by atoms with Crippen LogP contribution in [0, 0.1) is 6.92 Å². The van der Waals surface area contributed by atoms with Crippen LogP contribution in [0.5, 0.6) is 0 Å². The Balaban J connectivity index is 1.75. The summed E-state index contributed by atoms with van der Waals surface area (Å²) in [6.45, 7) is 2.65. The molecular weight excluding hydrogens is 302 g/mol. The SMILES string of the molecule is Cc1ccccc1C1CC(=O)CCN1C(=O)OCc1ccccc1. The molecule has 1 unspecified atom stereocenters. The van der Waals surface area contributed by atoms with Crippen molar-refractivity contribution in [1.29, 1.82) is 0 Å². The third-order valence-electron chi connectivity index (χ3n) is 4.42. The van der Waals surface area contributed by atoms with Gasteiger partial charge < -0.3 is 9.64 Å². The highest BCUT2D eigenvalue weighted by molar-refractivity contribution is 5.82. The number of Topliss-reactive ketones (excluding diaryl/α,β-unsaturated/α-hetero) is 1. The van der Waals surface area contributed by atoms with Gasteiger partial charge in [0.15, 0.2) is 0 Å². The van der Waals surface area contributed by atoms with E-state index in [1.165, 1.54) is 0 Å². The second-order valence-corrected chi connectivity index (χ2v) is 6.10. The van der Waals surface area contributed by atoms with Crippen LogP contribution in [0.3, 0.4) is 0 Å². The zero-order valence-corrected chi connectivity index (χ0v) is 13.8. The average molecular weight is 323 g/mol. The molecule has 1 atom stereocenters. The van der Waals surface area contributed by atoms with Gasteiger partial charge in [0.05, 0.1) is 6.04 Å². The predicted molar refractivity (Wildman–Crippen MR) is 91.5 cm³/mol. The van der Waals surface area contributed by atoms with Gasteiger partial charge in [-0.25, -0.2) is 4.79 Å². The molecule has 1 saturated heterocycles. The fourth-order valence-corrected chi connectivity index (χ4v) is 3.09. The first-order valence-electron chi connectivity index (χ1n) is 8.19. The molecule has 0 N–H and O–H groups in total. The highest BCUT2D eigenvalue weighted by Crippen LogP contribution is 2.31. The molecule has 0 aromatic heterocycles. The molecule has 24 heavy (non-hydrogen) atoms. The minimum absolute atomic E-state index is 0.190. The van der Waals surface area contributed by atoms with Crippen LogP contribution in [-0.2, 0) is 16.1 Å².